The number of para-hydroxylation sites is 1. The molecule has 0 bridgehead atoms. The van der Waals surface area contributed by atoms with Gasteiger partial charge in [0.25, 0.3) is 5.91 Å². The van der Waals surface area contributed by atoms with Crippen LogP contribution in [0.15, 0.2) is 24.3 Å². The van der Waals surface area contributed by atoms with Crippen molar-refractivity contribution in [3.05, 3.63) is 29.3 Å². The third-order valence-electron chi connectivity index (χ3n) is 5.19. The van der Waals surface area contributed by atoms with Gasteiger partial charge in [-0.2, -0.15) is 0 Å². The first-order chi connectivity index (χ1) is 12.7. The Morgan fingerprint density at radius 2 is 2.15 bits per heavy atom. The van der Waals surface area contributed by atoms with E-state index in [2.05, 4.69) is 22.3 Å². The molecular weight excluding hydrogens is 348 g/mol. The number of fused-ring (bicyclic) bond motifs is 1. The number of carbonyl (C=O) groups is 2. The van der Waals surface area contributed by atoms with Crippen LogP contribution in [-0.4, -0.2) is 52.5 Å². The minimum atomic E-state index is -0.350. The summed E-state index contributed by atoms with van der Waals surface area (Å²) in [5.74, 6) is 0.285. The lowest BCUT2D eigenvalue weighted by molar-refractivity contribution is -0.129. The Morgan fingerprint density at radius 3 is 2.96 bits per heavy atom. The van der Waals surface area contributed by atoms with Crippen molar-refractivity contribution in [2.24, 2.45) is 0 Å². The van der Waals surface area contributed by atoms with Crippen molar-refractivity contribution >= 4 is 33.5 Å². The third-order valence-corrected chi connectivity index (χ3v) is 6.39. The lowest BCUT2D eigenvalue weighted by Crippen LogP contribution is -2.45. The average Bonchev–Trinajstić information content (AvgIpc) is 3.19. The second kappa shape index (κ2) is 7.32. The summed E-state index contributed by atoms with van der Waals surface area (Å²) >= 11 is 1.76. The van der Waals surface area contributed by atoms with Crippen LogP contribution in [0.2, 0.25) is 0 Å². The lowest BCUT2D eigenvalue weighted by atomic mass is 9.99. The SMILES string of the molecule is CCC[C@H]1NC(=O)N(CN2CCC[C@H](c3nc4ccccc4s3)C2)C1=O. The fourth-order valence-corrected chi connectivity index (χ4v) is 4.94. The van der Waals surface area contributed by atoms with E-state index < -0.39 is 0 Å². The molecule has 3 amide bonds. The summed E-state index contributed by atoms with van der Waals surface area (Å²) in [6.07, 6.45) is 3.75. The van der Waals surface area contributed by atoms with Gasteiger partial charge >= 0.3 is 6.03 Å². The van der Waals surface area contributed by atoms with Crippen LogP contribution in [0.25, 0.3) is 10.2 Å². The Balaban J connectivity index is 1.44. The number of carbonyl (C=O) groups excluding carboxylic acids is 2. The Bertz CT molecular complexity index is 788. The number of rotatable bonds is 5. The molecule has 2 fully saturated rings. The van der Waals surface area contributed by atoms with Crippen LogP contribution in [-0.2, 0) is 4.79 Å². The van der Waals surface area contributed by atoms with Crippen LogP contribution in [0, 0.1) is 0 Å². The molecule has 6 nitrogen and oxygen atoms in total. The predicted molar refractivity (Wildman–Crippen MR) is 102 cm³/mol. The molecule has 26 heavy (non-hydrogen) atoms. The van der Waals surface area contributed by atoms with Crippen molar-refractivity contribution in [2.45, 2.75) is 44.6 Å². The normalized spacial score (nSPS) is 24.4. The molecule has 2 aliphatic heterocycles. The van der Waals surface area contributed by atoms with Crippen molar-refractivity contribution in [1.29, 1.82) is 0 Å². The van der Waals surface area contributed by atoms with E-state index in [9.17, 15) is 9.59 Å². The number of thiazole rings is 1. The van der Waals surface area contributed by atoms with Crippen LogP contribution in [0.5, 0.6) is 0 Å². The zero-order valence-corrected chi connectivity index (χ0v) is 15.8. The number of urea groups is 1. The van der Waals surface area contributed by atoms with E-state index in [4.69, 9.17) is 4.98 Å². The summed E-state index contributed by atoms with van der Waals surface area (Å²) in [7, 11) is 0. The monoisotopic (exact) mass is 372 g/mol. The topological polar surface area (TPSA) is 65.5 Å². The summed E-state index contributed by atoms with van der Waals surface area (Å²) in [6, 6.07) is 7.62. The van der Waals surface area contributed by atoms with Gasteiger partial charge in [0, 0.05) is 12.5 Å². The van der Waals surface area contributed by atoms with Crippen LogP contribution in [0.3, 0.4) is 0 Å². The fraction of sp³-hybridized carbons (Fsp3) is 0.526. The van der Waals surface area contributed by atoms with E-state index in [0.29, 0.717) is 19.0 Å². The van der Waals surface area contributed by atoms with Gasteiger partial charge in [-0.05, 0) is 37.9 Å². The van der Waals surface area contributed by atoms with Gasteiger partial charge in [0.05, 0.1) is 21.9 Å². The predicted octanol–water partition coefficient (Wildman–Crippen LogP) is 3.15. The lowest BCUT2D eigenvalue weighted by Gasteiger charge is -2.33. The smallest absolute Gasteiger partial charge is 0.325 e. The van der Waals surface area contributed by atoms with Gasteiger partial charge in [0.1, 0.15) is 6.04 Å². The van der Waals surface area contributed by atoms with Crippen molar-refractivity contribution in [3.63, 3.8) is 0 Å². The molecule has 7 heteroatoms. The molecule has 2 aromatic rings. The van der Waals surface area contributed by atoms with Gasteiger partial charge in [0.15, 0.2) is 0 Å². The number of amides is 3. The first-order valence-electron chi connectivity index (χ1n) is 9.35. The highest BCUT2D eigenvalue weighted by Crippen LogP contribution is 2.33. The number of hydrogen-bond acceptors (Lipinski definition) is 5. The summed E-state index contributed by atoms with van der Waals surface area (Å²) in [5.41, 5.74) is 1.06. The van der Waals surface area contributed by atoms with Crippen molar-refractivity contribution in [2.75, 3.05) is 19.8 Å². The van der Waals surface area contributed by atoms with Crippen LogP contribution in [0.1, 0.15) is 43.5 Å². The largest absolute Gasteiger partial charge is 0.326 e. The second-order valence-corrected chi connectivity index (χ2v) is 8.20. The minimum absolute atomic E-state index is 0.0843. The molecule has 3 heterocycles. The van der Waals surface area contributed by atoms with E-state index in [1.165, 1.54) is 9.60 Å². The van der Waals surface area contributed by atoms with Gasteiger partial charge < -0.3 is 5.32 Å². The Labute approximate surface area is 157 Å². The number of nitrogens with one attached hydrogen (secondary N) is 1. The van der Waals surface area contributed by atoms with E-state index in [0.717, 1.165) is 42.9 Å². The number of likely N-dealkylation sites (tertiary alicyclic amines) is 1. The van der Waals surface area contributed by atoms with Crippen LogP contribution < -0.4 is 5.32 Å². The van der Waals surface area contributed by atoms with Crippen molar-refractivity contribution in [3.8, 4) is 0 Å². The highest BCUT2D eigenvalue weighted by Gasteiger charge is 2.38. The average molecular weight is 372 g/mol. The van der Waals surface area contributed by atoms with E-state index >= 15 is 0 Å². The van der Waals surface area contributed by atoms with Crippen LogP contribution >= 0.6 is 11.3 Å². The number of nitrogens with zero attached hydrogens (tertiary/aromatic N) is 3. The molecular formula is C19H24N4O2S. The number of imide groups is 1. The first kappa shape index (κ1) is 17.4. The van der Waals surface area contributed by atoms with E-state index in [1.54, 1.807) is 11.3 Å². The standard InChI is InChI=1S/C19H24N4O2S/c1-2-6-15-18(24)23(19(25)21-15)12-22-10-5-7-13(11-22)17-20-14-8-3-4-9-16(14)26-17/h3-4,8-9,13,15H,2,5-7,10-12H2,1H3,(H,21,25)/t13-,15+/m0/s1. The van der Waals surface area contributed by atoms with Crippen LogP contribution in [0.4, 0.5) is 4.79 Å². The molecule has 0 radical (unpaired) electrons. The Morgan fingerprint density at radius 1 is 1.31 bits per heavy atom. The molecule has 138 valence electrons. The molecule has 4 rings (SSSR count). The number of aromatic nitrogens is 1. The molecule has 2 atom stereocenters. The third kappa shape index (κ3) is 3.33. The van der Waals surface area contributed by atoms with Gasteiger partial charge in [-0.25, -0.2) is 14.7 Å². The fourth-order valence-electron chi connectivity index (χ4n) is 3.85. The Hall–Kier alpha value is -1.99. The summed E-state index contributed by atoms with van der Waals surface area (Å²) in [6.45, 7) is 4.16. The van der Waals surface area contributed by atoms with Crippen molar-refractivity contribution < 1.29 is 9.59 Å². The quantitative estimate of drug-likeness (QED) is 0.819. The zero-order chi connectivity index (χ0) is 18.1. The molecule has 2 saturated heterocycles. The second-order valence-electron chi connectivity index (χ2n) is 7.13. The molecule has 0 saturated carbocycles. The number of benzene rings is 1. The van der Waals surface area contributed by atoms with Gasteiger partial charge in [-0.1, -0.05) is 25.5 Å². The molecule has 1 aromatic carbocycles. The number of hydrogen-bond donors (Lipinski definition) is 1. The van der Waals surface area contributed by atoms with Crippen molar-refractivity contribution in [1.82, 2.24) is 20.1 Å². The molecule has 1 N–H and O–H groups in total. The molecule has 0 aliphatic carbocycles. The molecule has 1 aromatic heterocycles. The van der Waals surface area contributed by atoms with Gasteiger partial charge in [-0.15, -0.1) is 11.3 Å². The zero-order valence-electron chi connectivity index (χ0n) is 15.0. The summed E-state index contributed by atoms with van der Waals surface area (Å²) < 4.78 is 1.22. The van der Waals surface area contributed by atoms with E-state index in [-0.39, 0.29) is 18.0 Å². The van der Waals surface area contributed by atoms with Gasteiger partial charge in [-0.3, -0.25) is 9.69 Å². The minimum Gasteiger partial charge on any atom is -0.326 e. The highest BCUT2D eigenvalue weighted by molar-refractivity contribution is 7.18. The maximum atomic E-state index is 12.5. The maximum Gasteiger partial charge on any atom is 0.325 e. The maximum absolute atomic E-state index is 12.5. The summed E-state index contributed by atoms with van der Waals surface area (Å²) in [5, 5.41) is 3.97. The molecule has 2 aliphatic rings. The molecule has 0 unspecified atom stereocenters. The first-order valence-corrected chi connectivity index (χ1v) is 10.2. The van der Waals surface area contributed by atoms with E-state index in [1.807, 2.05) is 19.1 Å². The summed E-state index contributed by atoms with van der Waals surface area (Å²) in [4.78, 5) is 33.0. The Kier molecular flexibility index (Phi) is 4.91. The highest BCUT2D eigenvalue weighted by atomic mass is 32.1. The number of piperidine rings is 1. The molecule has 0 spiro atoms. The van der Waals surface area contributed by atoms with Gasteiger partial charge in [0.2, 0.25) is 0 Å².